The first kappa shape index (κ1) is 16.2. The molecule has 0 aromatic rings. The van der Waals surface area contributed by atoms with Crippen molar-refractivity contribution in [2.45, 2.75) is 13.0 Å². The van der Waals surface area contributed by atoms with Gasteiger partial charge in [0.05, 0.1) is 13.2 Å². The number of hydrogen-bond acceptors (Lipinski definition) is 5. The summed E-state index contributed by atoms with van der Waals surface area (Å²) in [7, 11) is 2.68. The summed E-state index contributed by atoms with van der Waals surface area (Å²) in [4.78, 5) is 34.5. The summed E-state index contributed by atoms with van der Waals surface area (Å²) >= 11 is 0. The molecule has 2 amide bonds. The fourth-order valence-electron chi connectivity index (χ4n) is 1.07. The molecule has 104 valence electrons. The third kappa shape index (κ3) is 6.04. The Morgan fingerprint density at radius 2 is 2.00 bits per heavy atom. The smallest absolute Gasteiger partial charge is 0.328 e. The number of carboxylic acid groups (broad SMARTS) is 1. The van der Waals surface area contributed by atoms with Crippen LogP contribution in [0.4, 0.5) is 4.79 Å². The van der Waals surface area contributed by atoms with Crippen LogP contribution in [0.5, 0.6) is 0 Å². The molecule has 0 rings (SSSR count). The first-order chi connectivity index (χ1) is 8.42. The Bertz CT molecular complexity index is 307. The van der Waals surface area contributed by atoms with Gasteiger partial charge in [-0.15, -0.1) is 0 Å². The molecule has 0 heterocycles. The highest BCUT2D eigenvalue weighted by atomic mass is 16.5. The molecule has 0 bridgehead atoms. The van der Waals surface area contributed by atoms with Crippen LogP contribution in [0.25, 0.3) is 0 Å². The van der Waals surface area contributed by atoms with Gasteiger partial charge in [0.15, 0.2) is 6.04 Å². The van der Waals surface area contributed by atoms with E-state index in [1.807, 2.05) is 0 Å². The van der Waals surface area contributed by atoms with Crippen molar-refractivity contribution in [1.29, 1.82) is 0 Å². The number of carboxylic acids is 1. The van der Waals surface area contributed by atoms with Gasteiger partial charge in [-0.25, -0.2) is 9.59 Å². The zero-order valence-electron chi connectivity index (χ0n) is 10.6. The highest BCUT2D eigenvalue weighted by Gasteiger charge is 2.22. The van der Waals surface area contributed by atoms with Crippen molar-refractivity contribution in [1.82, 2.24) is 10.2 Å². The van der Waals surface area contributed by atoms with Crippen LogP contribution >= 0.6 is 0 Å². The molecule has 0 saturated heterocycles. The Hall–Kier alpha value is -1.83. The number of carbonyl (C=O) groups excluding carboxylic acids is 2. The van der Waals surface area contributed by atoms with Gasteiger partial charge in [0.2, 0.25) is 0 Å². The number of carbonyl (C=O) groups is 3. The fourth-order valence-corrected chi connectivity index (χ4v) is 1.07. The zero-order valence-corrected chi connectivity index (χ0v) is 10.6. The van der Waals surface area contributed by atoms with Gasteiger partial charge in [0, 0.05) is 14.2 Å². The number of ether oxygens (including phenoxy) is 2. The van der Waals surface area contributed by atoms with Crippen LogP contribution in [0.15, 0.2) is 0 Å². The van der Waals surface area contributed by atoms with Crippen molar-refractivity contribution in [2.24, 2.45) is 0 Å². The van der Waals surface area contributed by atoms with Gasteiger partial charge in [-0.3, -0.25) is 4.79 Å². The minimum absolute atomic E-state index is 0.158. The van der Waals surface area contributed by atoms with Crippen molar-refractivity contribution in [2.75, 3.05) is 33.9 Å². The van der Waals surface area contributed by atoms with E-state index in [4.69, 9.17) is 5.11 Å². The van der Waals surface area contributed by atoms with Crippen LogP contribution < -0.4 is 5.32 Å². The standard InChI is InChI=1S/C10H18N2O6/c1-4-18-8(13)5-12(2)10(16)11-7(6-17-3)9(14)15/h7H,4-6H2,1-3H3,(H,11,16)(H,14,15). The molecule has 0 fully saturated rings. The number of nitrogens with zero attached hydrogens (tertiary/aromatic N) is 1. The third-order valence-electron chi connectivity index (χ3n) is 1.95. The summed E-state index contributed by atoms with van der Waals surface area (Å²) in [5, 5.41) is 11.0. The van der Waals surface area contributed by atoms with Crippen molar-refractivity contribution < 1.29 is 29.0 Å². The highest BCUT2D eigenvalue weighted by Crippen LogP contribution is 1.92. The number of amides is 2. The number of urea groups is 1. The average molecular weight is 262 g/mol. The number of hydrogen-bond donors (Lipinski definition) is 2. The lowest BCUT2D eigenvalue weighted by Gasteiger charge is -2.20. The molecule has 0 aromatic carbocycles. The highest BCUT2D eigenvalue weighted by molar-refractivity contribution is 5.85. The second-order valence-corrected chi connectivity index (χ2v) is 3.46. The van der Waals surface area contributed by atoms with Gasteiger partial charge in [-0.2, -0.15) is 0 Å². The van der Waals surface area contributed by atoms with Crippen LogP contribution in [0, 0.1) is 0 Å². The second-order valence-electron chi connectivity index (χ2n) is 3.46. The minimum Gasteiger partial charge on any atom is -0.480 e. The molecule has 0 spiro atoms. The fraction of sp³-hybridized carbons (Fsp3) is 0.700. The number of methoxy groups -OCH3 is 1. The van der Waals surface area contributed by atoms with Crippen molar-refractivity contribution in [3.63, 3.8) is 0 Å². The number of aliphatic carboxylic acids is 1. The molecule has 0 aliphatic heterocycles. The summed E-state index contributed by atoms with van der Waals surface area (Å²) in [5.41, 5.74) is 0. The molecule has 0 radical (unpaired) electrons. The molecule has 18 heavy (non-hydrogen) atoms. The quantitative estimate of drug-likeness (QED) is 0.587. The molecule has 0 aliphatic carbocycles. The Labute approximate surface area is 105 Å². The maximum Gasteiger partial charge on any atom is 0.328 e. The van der Waals surface area contributed by atoms with Crippen LogP contribution in [-0.2, 0) is 19.1 Å². The van der Waals surface area contributed by atoms with Crippen molar-refractivity contribution >= 4 is 18.0 Å². The first-order valence-electron chi connectivity index (χ1n) is 5.31. The molecule has 1 atom stereocenters. The molecule has 0 aliphatic rings. The van der Waals surface area contributed by atoms with Crippen LogP contribution in [-0.4, -0.2) is 67.9 Å². The van der Waals surface area contributed by atoms with E-state index in [1.165, 1.54) is 14.2 Å². The van der Waals surface area contributed by atoms with E-state index < -0.39 is 24.0 Å². The molecule has 8 heteroatoms. The third-order valence-corrected chi connectivity index (χ3v) is 1.95. The Morgan fingerprint density at radius 3 is 2.44 bits per heavy atom. The average Bonchev–Trinajstić information content (AvgIpc) is 2.28. The summed E-state index contributed by atoms with van der Waals surface area (Å²) in [5.74, 6) is -1.77. The molecule has 1 unspecified atom stereocenters. The normalized spacial score (nSPS) is 11.5. The van der Waals surface area contributed by atoms with Gasteiger partial charge < -0.3 is 24.8 Å². The van der Waals surface area contributed by atoms with E-state index in [1.54, 1.807) is 6.92 Å². The monoisotopic (exact) mass is 262 g/mol. The summed E-state index contributed by atoms with van der Waals surface area (Å²) in [6, 6.07) is -1.85. The summed E-state index contributed by atoms with van der Waals surface area (Å²) < 4.78 is 9.32. The maximum atomic E-state index is 11.6. The van der Waals surface area contributed by atoms with Gasteiger partial charge >= 0.3 is 18.0 Å². The minimum atomic E-state index is -1.21. The van der Waals surface area contributed by atoms with Gasteiger partial charge in [0.25, 0.3) is 0 Å². The Balaban J connectivity index is 4.28. The zero-order chi connectivity index (χ0) is 14.1. The van der Waals surface area contributed by atoms with Gasteiger partial charge in [0.1, 0.15) is 6.54 Å². The van der Waals surface area contributed by atoms with E-state index in [0.717, 1.165) is 4.90 Å². The van der Waals surface area contributed by atoms with Gasteiger partial charge in [-0.05, 0) is 6.92 Å². The molecular formula is C10H18N2O6. The Morgan fingerprint density at radius 1 is 1.39 bits per heavy atom. The summed E-state index contributed by atoms with van der Waals surface area (Å²) in [6.07, 6.45) is 0. The molecule has 8 nitrogen and oxygen atoms in total. The van der Waals surface area contributed by atoms with E-state index in [0.29, 0.717) is 0 Å². The molecule has 0 aromatic heterocycles. The molecular weight excluding hydrogens is 244 g/mol. The lowest BCUT2D eigenvalue weighted by atomic mass is 10.3. The maximum absolute atomic E-state index is 11.6. The van der Waals surface area contributed by atoms with Crippen LogP contribution in [0.3, 0.4) is 0 Å². The number of rotatable bonds is 7. The van der Waals surface area contributed by atoms with E-state index in [2.05, 4.69) is 14.8 Å². The number of esters is 1. The predicted molar refractivity (Wildman–Crippen MR) is 61.1 cm³/mol. The molecule has 2 N–H and O–H groups in total. The Kier molecular flexibility index (Phi) is 7.45. The summed E-state index contributed by atoms with van der Waals surface area (Å²) in [6.45, 7) is 1.46. The molecule has 0 saturated carbocycles. The topological polar surface area (TPSA) is 105 Å². The predicted octanol–water partition coefficient (Wildman–Crippen LogP) is -0.709. The largest absolute Gasteiger partial charge is 0.480 e. The van der Waals surface area contributed by atoms with E-state index >= 15 is 0 Å². The first-order valence-corrected chi connectivity index (χ1v) is 5.31. The lowest BCUT2D eigenvalue weighted by molar-refractivity contribution is -0.143. The van der Waals surface area contributed by atoms with Crippen LogP contribution in [0.2, 0.25) is 0 Å². The lowest BCUT2D eigenvalue weighted by Crippen LogP contribution is -2.49. The van der Waals surface area contributed by atoms with E-state index in [9.17, 15) is 14.4 Å². The van der Waals surface area contributed by atoms with Crippen molar-refractivity contribution in [3.8, 4) is 0 Å². The second kappa shape index (κ2) is 8.29. The van der Waals surface area contributed by atoms with Gasteiger partial charge in [-0.1, -0.05) is 0 Å². The number of nitrogens with one attached hydrogen (secondary N) is 1. The SMILES string of the molecule is CCOC(=O)CN(C)C(=O)NC(COC)C(=O)O. The van der Waals surface area contributed by atoms with Crippen LogP contribution in [0.1, 0.15) is 6.92 Å². The van der Waals surface area contributed by atoms with Crippen molar-refractivity contribution in [3.05, 3.63) is 0 Å². The van der Waals surface area contributed by atoms with E-state index in [-0.39, 0.29) is 19.8 Å². The number of likely N-dealkylation sites (N-methyl/N-ethyl adjacent to an activating group) is 1.